The Morgan fingerprint density at radius 1 is 0.316 bits per heavy atom. The first kappa shape index (κ1) is 49.4. The number of rotatable bonds is 8. The summed E-state index contributed by atoms with van der Waals surface area (Å²) in [5.41, 5.74) is 8.01. The summed E-state index contributed by atoms with van der Waals surface area (Å²) in [4.78, 5) is 10.1. The Labute approximate surface area is 431 Å². The largest absolute Gasteiger partial charge is 0.416 e. The SMILES string of the molecule is Cc1ccc(-c2cc(-c3cc(-c4ccccc4)nc(-c4ccccc4)n3)cc(-c3ccc(C(F)(F)F)cc3)c2-n2c3ccc(-c4cc(C)cc(C(F)(F)F)c4)cc3c3cc(-c4cc(C)cc(C(F)(F)F)c4)ccc32)cc1. The van der Waals surface area contributed by atoms with Crippen LogP contribution in [0, 0.1) is 20.8 Å². The third kappa shape index (κ3) is 9.62. The zero-order chi connectivity index (χ0) is 53.3. The molecule has 0 fully saturated rings. The molecule has 0 aliphatic rings. The second kappa shape index (κ2) is 18.9. The number of hydrogen-bond donors (Lipinski definition) is 0. The van der Waals surface area contributed by atoms with Crippen LogP contribution in [0.25, 0.3) is 106 Å². The predicted molar refractivity (Wildman–Crippen MR) is 284 cm³/mol. The maximum absolute atomic E-state index is 14.3. The van der Waals surface area contributed by atoms with E-state index >= 15 is 0 Å². The maximum atomic E-state index is 14.3. The highest BCUT2D eigenvalue weighted by Gasteiger charge is 2.33. The lowest BCUT2D eigenvalue weighted by Crippen LogP contribution is -2.05. The van der Waals surface area contributed by atoms with E-state index in [2.05, 4.69) is 0 Å². The van der Waals surface area contributed by atoms with Gasteiger partial charge in [-0.15, -0.1) is 0 Å². The monoisotopic (exact) mass is 1020 g/mol. The summed E-state index contributed by atoms with van der Waals surface area (Å²) in [6.45, 7) is 5.11. The fourth-order valence-electron chi connectivity index (χ4n) is 9.95. The van der Waals surface area contributed by atoms with E-state index in [1.165, 1.54) is 12.1 Å². The second-order valence-electron chi connectivity index (χ2n) is 19.0. The summed E-state index contributed by atoms with van der Waals surface area (Å²) in [5.74, 6) is 0.440. The van der Waals surface area contributed by atoms with E-state index in [0.29, 0.717) is 100 Å². The Balaban J connectivity index is 1.26. The smallest absolute Gasteiger partial charge is 0.308 e. The van der Waals surface area contributed by atoms with Crippen LogP contribution in [0.2, 0.25) is 0 Å². The quantitative estimate of drug-likeness (QED) is 0.142. The molecule has 9 aromatic carbocycles. The zero-order valence-corrected chi connectivity index (χ0v) is 40.8. The van der Waals surface area contributed by atoms with Crippen molar-refractivity contribution >= 4 is 21.8 Å². The highest BCUT2D eigenvalue weighted by molar-refractivity contribution is 6.13. The summed E-state index contributed by atoms with van der Waals surface area (Å²) < 4.78 is 131. The first-order valence-corrected chi connectivity index (χ1v) is 24.2. The molecule has 0 unspecified atom stereocenters. The molecule has 12 heteroatoms. The molecule has 376 valence electrons. The average molecular weight is 1020 g/mol. The van der Waals surface area contributed by atoms with Crippen molar-refractivity contribution in [3.63, 3.8) is 0 Å². The fourth-order valence-corrected chi connectivity index (χ4v) is 9.95. The van der Waals surface area contributed by atoms with Gasteiger partial charge in [0.25, 0.3) is 0 Å². The molecular weight excluding hydrogens is 982 g/mol. The third-order valence-electron chi connectivity index (χ3n) is 13.6. The van der Waals surface area contributed by atoms with Crippen LogP contribution in [-0.2, 0) is 18.5 Å². The highest BCUT2D eigenvalue weighted by Crippen LogP contribution is 2.47. The third-order valence-corrected chi connectivity index (χ3v) is 13.6. The van der Waals surface area contributed by atoms with Crippen molar-refractivity contribution in [3.8, 4) is 84.1 Å². The van der Waals surface area contributed by atoms with Crippen molar-refractivity contribution in [2.24, 2.45) is 0 Å². The van der Waals surface area contributed by atoms with Gasteiger partial charge in [0.2, 0.25) is 0 Å². The van der Waals surface area contributed by atoms with Crippen molar-refractivity contribution in [1.29, 1.82) is 0 Å². The van der Waals surface area contributed by atoms with Gasteiger partial charge in [-0.1, -0.05) is 127 Å². The molecule has 0 N–H and O–H groups in total. The van der Waals surface area contributed by atoms with Gasteiger partial charge < -0.3 is 4.57 Å². The Morgan fingerprint density at radius 3 is 1.20 bits per heavy atom. The van der Waals surface area contributed by atoms with E-state index in [1.54, 1.807) is 62.4 Å². The Morgan fingerprint density at radius 2 is 0.737 bits per heavy atom. The molecule has 0 bridgehead atoms. The summed E-state index contributed by atoms with van der Waals surface area (Å²) in [6, 6.07) is 55.7. The van der Waals surface area contributed by atoms with Crippen LogP contribution in [0.15, 0.2) is 200 Å². The lowest BCUT2D eigenvalue weighted by molar-refractivity contribution is -0.138. The van der Waals surface area contributed by atoms with Gasteiger partial charge in [0.1, 0.15) is 0 Å². The average Bonchev–Trinajstić information content (AvgIpc) is 3.75. The normalized spacial score (nSPS) is 12.2. The van der Waals surface area contributed by atoms with Crippen LogP contribution >= 0.6 is 0 Å². The number of aromatic nitrogens is 3. The van der Waals surface area contributed by atoms with Crippen molar-refractivity contribution in [3.05, 3.63) is 234 Å². The van der Waals surface area contributed by atoms with Crippen molar-refractivity contribution in [1.82, 2.24) is 14.5 Å². The van der Waals surface area contributed by atoms with Crippen molar-refractivity contribution in [2.45, 2.75) is 39.3 Å². The number of benzene rings is 9. The minimum absolute atomic E-state index is 0.296. The summed E-state index contributed by atoms with van der Waals surface area (Å²) >= 11 is 0. The molecular formula is C64H42F9N3. The first-order valence-electron chi connectivity index (χ1n) is 24.2. The molecule has 2 heterocycles. The fraction of sp³-hybridized carbons (Fsp3) is 0.0938. The molecule has 0 amide bonds. The predicted octanol–water partition coefficient (Wildman–Crippen LogP) is 19.2. The van der Waals surface area contributed by atoms with Crippen LogP contribution in [-0.4, -0.2) is 14.5 Å². The van der Waals surface area contributed by atoms with E-state index in [4.69, 9.17) is 9.97 Å². The van der Waals surface area contributed by atoms with Crippen LogP contribution in [0.5, 0.6) is 0 Å². The van der Waals surface area contributed by atoms with Crippen molar-refractivity contribution < 1.29 is 39.5 Å². The molecule has 0 saturated carbocycles. The maximum Gasteiger partial charge on any atom is 0.416 e. The molecule has 0 aliphatic heterocycles. The second-order valence-corrected chi connectivity index (χ2v) is 19.0. The highest BCUT2D eigenvalue weighted by atomic mass is 19.4. The molecule has 0 spiro atoms. The van der Waals surface area contributed by atoms with E-state index in [-0.39, 0.29) is 0 Å². The molecule has 0 aliphatic carbocycles. The minimum atomic E-state index is -4.64. The van der Waals surface area contributed by atoms with Crippen LogP contribution in [0.3, 0.4) is 0 Å². The number of halogens is 9. The molecule has 2 aromatic heterocycles. The number of aryl methyl sites for hydroxylation is 3. The number of nitrogens with zero attached hydrogens (tertiary/aromatic N) is 3. The van der Waals surface area contributed by atoms with Gasteiger partial charge in [0.15, 0.2) is 5.82 Å². The Hall–Kier alpha value is -8.77. The molecule has 76 heavy (non-hydrogen) atoms. The van der Waals surface area contributed by atoms with Crippen LogP contribution in [0.1, 0.15) is 33.4 Å². The number of hydrogen-bond acceptors (Lipinski definition) is 2. The summed E-state index contributed by atoms with van der Waals surface area (Å²) in [5, 5.41) is 1.11. The lowest BCUT2D eigenvalue weighted by atomic mass is 9.91. The molecule has 0 radical (unpaired) electrons. The Kier molecular flexibility index (Phi) is 12.3. The van der Waals surface area contributed by atoms with Gasteiger partial charge in [-0.3, -0.25) is 0 Å². The minimum Gasteiger partial charge on any atom is -0.308 e. The molecule has 0 atom stereocenters. The lowest BCUT2D eigenvalue weighted by Gasteiger charge is -2.22. The summed E-state index contributed by atoms with van der Waals surface area (Å²) in [6.07, 6.45) is -13.9. The number of fused-ring (bicyclic) bond motifs is 3. The summed E-state index contributed by atoms with van der Waals surface area (Å²) in [7, 11) is 0. The van der Waals surface area contributed by atoms with E-state index in [0.717, 1.165) is 58.7 Å². The van der Waals surface area contributed by atoms with Crippen LogP contribution < -0.4 is 0 Å². The van der Waals surface area contributed by atoms with Gasteiger partial charge in [-0.05, 0) is 144 Å². The van der Waals surface area contributed by atoms with Gasteiger partial charge in [-0.2, -0.15) is 39.5 Å². The standard InChI is InChI=1S/C64H42F9N3/c1-37-14-16-40(17-15-37)52-34-48(57-36-56(42-10-6-4-7-11-42)74-61(75-57)43-12-8-5-9-13-43)35-53(41-18-22-49(23-19-41)62(65,66)67)60(52)76-58-24-20-44(46-26-38(2)28-50(30-46)63(68,69)70)32-54(58)55-33-45(21-25-59(55)76)47-27-39(3)29-51(31-47)64(71,72)73/h4-36H,1-3H3. The molecule has 0 saturated heterocycles. The van der Waals surface area contributed by atoms with Gasteiger partial charge in [0.05, 0.1) is 44.8 Å². The first-order chi connectivity index (χ1) is 36.2. The van der Waals surface area contributed by atoms with E-state index in [9.17, 15) is 39.5 Å². The zero-order valence-electron chi connectivity index (χ0n) is 40.8. The molecule has 11 rings (SSSR count). The van der Waals surface area contributed by atoms with E-state index < -0.39 is 35.2 Å². The van der Waals surface area contributed by atoms with Gasteiger partial charge in [0, 0.05) is 38.6 Å². The molecule has 3 nitrogen and oxygen atoms in total. The topological polar surface area (TPSA) is 30.7 Å². The van der Waals surface area contributed by atoms with Crippen molar-refractivity contribution in [2.75, 3.05) is 0 Å². The van der Waals surface area contributed by atoms with E-state index in [1.807, 2.05) is 115 Å². The van der Waals surface area contributed by atoms with Gasteiger partial charge in [-0.25, -0.2) is 9.97 Å². The van der Waals surface area contributed by atoms with Gasteiger partial charge >= 0.3 is 18.5 Å². The number of alkyl halides is 9. The molecule has 11 aromatic rings. The van der Waals surface area contributed by atoms with Crippen LogP contribution in [0.4, 0.5) is 39.5 Å². The Bertz CT molecular complexity index is 3830.